The second kappa shape index (κ2) is 16.0. The topological polar surface area (TPSA) is 55.6 Å². The van der Waals surface area contributed by atoms with Crippen molar-refractivity contribution in [1.82, 2.24) is 0 Å². The van der Waals surface area contributed by atoms with Crippen LogP contribution in [-0.4, -0.2) is 37.6 Å². The van der Waals surface area contributed by atoms with Gasteiger partial charge in [0.05, 0.1) is 12.3 Å². The van der Waals surface area contributed by atoms with Crippen molar-refractivity contribution < 1.29 is 9.53 Å². The minimum absolute atomic E-state index is 0.400. The number of thioether (sulfide) groups is 1. The van der Waals surface area contributed by atoms with Gasteiger partial charge in [0.2, 0.25) is 5.91 Å². The van der Waals surface area contributed by atoms with Crippen LogP contribution >= 0.6 is 23.4 Å². The molecule has 0 saturated heterocycles. The summed E-state index contributed by atoms with van der Waals surface area (Å²) in [6, 6.07) is 13.7. The van der Waals surface area contributed by atoms with Crippen LogP contribution in [0.25, 0.3) is 0 Å². The third-order valence-electron chi connectivity index (χ3n) is 7.24. The molecule has 2 atom stereocenters. The number of rotatable bonds is 15. The number of nitrogens with two attached hydrogens (primary N) is 1. The Kier molecular flexibility index (Phi) is 12.7. The summed E-state index contributed by atoms with van der Waals surface area (Å²) in [6.45, 7) is 4.84. The standard InChI is InChI=1S/C31H43ClN2O2S/c1-3-24(10-6-4-5-7-19-37-2)17-18-34-22-26(13-8-11-25-12-9-14-28(32)20-25)23-36-30-16-15-27(31(33)35)21-29(30)34/h4,6,9,12,14-16,20-21,24,26H,3,5,7-8,10-11,13,17-19,22-23H2,1-2H3,(H2,33,35)/b6-4+/t24-,26?/m0/s1. The van der Waals surface area contributed by atoms with Gasteiger partial charge in [-0.15, -0.1) is 0 Å². The molecule has 1 heterocycles. The minimum Gasteiger partial charge on any atom is -0.491 e. The molecule has 0 radical (unpaired) electrons. The zero-order chi connectivity index (χ0) is 26.5. The van der Waals surface area contributed by atoms with Crippen molar-refractivity contribution in [2.24, 2.45) is 17.6 Å². The predicted octanol–water partition coefficient (Wildman–Crippen LogP) is 7.78. The van der Waals surface area contributed by atoms with Gasteiger partial charge in [-0.3, -0.25) is 4.79 Å². The lowest BCUT2D eigenvalue weighted by Crippen LogP contribution is -2.32. The maximum Gasteiger partial charge on any atom is 0.248 e. The first-order chi connectivity index (χ1) is 18.0. The van der Waals surface area contributed by atoms with E-state index in [2.05, 4.69) is 42.4 Å². The molecule has 1 amide bonds. The van der Waals surface area contributed by atoms with Crippen molar-refractivity contribution in [3.63, 3.8) is 0 Å². The number of benzene rings is 2. The van der Waals surface area contributed by atoms with Gasteiger partial charge in [0, 0.05) is 29.6 Å². The SMILES string of the molecule is CC[C@@H](C/C=C/CCCSC)CCN1CC(CCCc2cccc(Cl)c2)COc2ccc(C(N)=O)cc21. The second-order valence-corrected chi connectivity index (χ2v) is 11.5. The number of ether oxygens (including phenoxy) is 1. The van der Waals surface area contributed by atoms with E-state index in [0.717, 1.165) is 68.1 Å². The molecule has 1 aliphatic heterocycles. The molecule has 0 bridgehead atoms. The van der Waals surface area contributed by atoms with E-state index < -0.39 is 5.91 Å². The number of amides is 1. The lowest BCUT2D eigenvalue weighted by atomic mass is 9.96. The first-order valence-corrected chi connectivity index (χ1v) is 15.5. The van der Waals surface area contributed by atoms with Gasteiger partial charge in [-0.2, -0.15) is 11.8 Å². The van der Waals surface area contributed by atoms with Crippen LogP contribution in [0, 0.1) is 11.8 Å². The molecule has 0 aliphatic carbocycles. The van der Waals surface area contributed by atoms with Gasteiger partial charge in [-0.1, -0.05) is 49.2 Å². The van der Waals surface area contributed by atoms with Crippen LogP contribution in [0.4, 0.5) is 5.69 Å². The molecule has 0 spiro atoms. The van der Waals surface area contributed by atoms with Gasteiger partial charge in [-0.05, 0) is 98.8 Å². The Hall–Kier alpha value is -2.11. The Morgan fingerprint density at radius 2 is 2.11 bits per heavy atom. The lowest BCUT2D eigenvalue weighted by molar-refractivity contribution is 0.100. The summed E-state index contributed by atoms with van der Waals surface area (Å²) in [4.78, 5) is 14.3. The third kappa shape index (κ3) is 9.94. The summed E-state index contributed by atoms with van der Waals surface area (Å²) < 4.78 is 6.26. The highest BCUT2D eigenvalue weighted by Gasteiger charge is 2.24. The quantitative estimate of drug-likeness (QED) is 0.184. The molecule has 4 nitrogen and oxygen atoms in total. The van der Waals surface area contributed by atoms with Gasteiger partial charge in [0.25, 0.3) is 0 Å². The number of carbonyl (C=O) groups is 1. The van der Waals surface area contributed by atoms with E-state index in [1.54, 1.807) is 6.07 Å². The maximum atomic E-state index is 11.9. The van der Waals surface area contributed by atoms with Crippen molar-refractivity contribution in [2.45, 2.75) is 58.3 Å². The number of hydrogen-bond donors (Lipinski definition) is 1. The van der Waals surface area contributed by atoms with Gasteiger partial charge >= 0.3 is 0 Å². The highest BCUT2D eigenvalue weighted by atomic mass is 35.5. The fourth-order valence-electron chi connectivity index (χ4n) is 4.96. The smallest absolute Gasteiger partial charge is 0.248 e. The van der Waals surface area contributed by atoms with Crippen LogP contribution < -0.4 is 15.4 Å². The van der Waals surface area contributed by atoms with Crippen LogP contribution in [-0.2, 0) is 6.42 Å². The summed E-state index contributed by atoms with van der Waals surface area (Å²) in [5.74, 6) is 2.74. The summed E-state index contributed by atoms with van der Waals surface area (Å²) in [6.07, 6.45) is 15.9. The normalized spacial score (nSPS) is 16.3. The van der Waals surface area contributed by atoms with Gasteiger partial charge < -0.3 is 15.4 Å². The number of nitrogens with zero attached hydrogens (tertiary/aromatic N) is 1. The fraction of sp³-hybridized carbons (Fsp3) is 0.516. The summed E-state index contributed by atoms with van der Waals surface area (Å²) >= 11 is 8.08. The van der Waals surface area contributed by atoms with Crippen LogP contribution in [0.15, 0.2) is 54.6 Å². The van der Waals surface area contributed by atoms with Crippen molar-refractivity contribution in [2.75, 3.05) is 36.6 Å². The average Bonchev–Trinajstić information content (AvgIpc) is 3.06. The molecule has 6 heteroatoms. The van der Waals surface area contributed by atoms with E-state index in [1.807, 2.05) is 36.0 Å². The molecular weight excluding hydrogens is 500 g/mol. The Balaban J connectivity index is 1.64. The monoisotopic (exact) mass is 542 g/mol. The average molecular weight is 543 g/mol. The molecule has 0 saturated carbocycles. The molecule has 0 aromatic heterocycles. The highest BCUT2D eigenvalue weighted by molar-refractivity contribution is 7.98. The third-order valence-corrected chi connectivity index (χ3v) is 8.18. The van der Waals surface area contributed by atoms with Crippen molar-refractivity contribution >= 4 is 35.0 Å². The summed E-state index contributed by atoms with van der Waals surface area (Å²) in [7, 11) is 0. The van der Waals surface area contributed by atoms with Gasteiger partial charge in [-0.25, -0.2) is 0 Å². The van der Waals surface area contributed by atoms with Crippen molar-refractivity contribution in [3.8, 4) is 5.75 Å². The second-order valence-electron chi connectivity index (χ2n) is 10.1. The first-order valence-electron chi connectivity index (χ1n) is 13.7. The molecule has 1 unspecified atom stereocenters. The maximum absolute atomic E-state index is 11.9. The summed E-state index contributed by atoms with van der Waals surface area (Å²) in [5.41, 5.74) is 8.42. The molecule has 2 aromatic rings. The molecule has 202 valence electrons. The minimum atomic E-state index is -0.400. The number of fused-ring (bicyclic) bond motifs is 1. The zero-order valence-corrected chi connectivity index (χ0v) is 24.0. The molecular formula is C31H43ClN2O2S. The molecule has 2 aromatic carbocycles. The van der Waals surface area contributed by atoms with Crippen LogP contribution in [0.2, 0.25) is 5.02 Å². The van der Waals surface area contributed by atoms with Crippen LogP contribution in [0.5, 0.6) is 5.75 Å². The Labute approximate surface area is 233 Å². The molecule has 3 rings (SSSR count). The Morgan fingerprint density at radius 1 is 1.24 bits per heavy atom. The van der Waals surface area contributed by atoms with Crippen molar-refractivity contribution in [3.05, 3.63) is 70.8 Å². The molecule has 1 aliphatic rings. The first kappa shape index (κ1) is 29.4. The molecule has 0 fully saturated rings. The number of hydrogen-bond acceptors (Lipinski definition) is 4. The van der Waals surface area contributed by atoms with E-state index in [0.29, 0.717) is 24.0 Å². The van der Waals surface area contributed by atoms with Gasteiger partial charge in [0.15, 0.2) is 0 Å². The zero-order valence-electron chi connectivity index (χ0n) is 22.5. The number of primary amides is 1. The fourth-order valence-corrected chi connectivity index (χ4v) is 5.63. The number of carbonyl (C=O) groups excluding carboxylic acids is 1. The number of halogens is 1. The van der Waals surface area contributed by atoms with Crippen LogP contribution in [0.1, 0.15) is 67.8 Å². The Bertz CT molecular complexity index is 1010. The molecule has 2 N–H and O–H groups in total. The van der Waals surface area contributed by atoms with E-state index in [1.165, 1.54) is 24.2 Å². The number of allylic oxidation sites excluding steroid dienone is 2. The van der Waals surface area contributed by atoms with Crippen molar-refractivity contribution in [1.29, 1.82) is 0 Å². The summed E-state index contributed by atoms with van der Waals surface area (Å²) in [5, 5.41) is 0.794. The number of aryl methyl sites for hydroxylation is 1. The lowest BCUT2D eigenvalue weighted by Gasteiger charge is -2.28. The Morgan fingerprint density at radius 3 is 2.86 bits per heavy atom. The molecule has 37 heavy (non-hydrogen) atoms. The van der Waals surface area contributed by atoms with E-state index >= 15 is 0 Å². The highest BCUT2D eigenvalue weighted by Crippen LogP contribution is 2.35. The number of unbranched alkanes of at least 4 members (excludes halogenated alkanes) is 1. The number of anilines is 1. The van der Waals surface area contributed by atoms with Crippen LogP contribution in [0.3, 0.4) is 0 Å². The predicted molar refractivity (Wildman–Crippen MR) is 160 cm³/mol. The van der Waals surface area contributed by atoms with E-state index in [4.69, 9.17) is 22.1 Å². The largest absolute Gasteiger partial charge is 0.491 e. The van der Waals surface area contributed by atoms with E-state index in [9.17, 15) is 4.79 Å². The van der Waals surface area contributed by atoms with Gasteiger partial charge in [0.1, 0.15) is 5.75 Å². The van der Waals surface area contributed by atoms with E-state index in [-0.39, 0.29) is 0 Å².